The van der Waals surface area contributed by atoms with E-state index in [2.05, 4.69) is 16.0 Å². The maximum absolute atomic E-state index is 13.4. The van der Waals surface area contributed by atoms with E-state index in [4.69, 9.17) is 14.2 Å². The van der Waals surface area contributed by atoms with E-state index < -0.39 is 40.2 Å². The zero-order valence-corrected chi connectivity index (χ0v) is 29.0. The third-order valence-electron chi connectivity index (χ3n) is 7.17. The maximum atomic E-state index is 13.4. The summed E-state index contributed by atoms with van der Waals surface area (Å²) in [5.74, 6) is -0.607. The number of thioether (sulfide) groups is 1. The summed E-state index contributed by atoms with van der Waals surface area (Å²) in [6, 6.07) is 0.147. The molecule has 0 aromatic heterocycles. The van der Waals surface area contributed by atoms with Crippen LogP contribution in [-0.2, 0) is 33.4 Å². The molecule has 2 fully saturated rings. The van der Waals surface area contributed by atoms with Crippen LogP contribution in [0.1, 0.15) is 127 Å². The second-order valence-corrected chi connectivity index (χ2v) is 16.2. The molecule has 0 aromatic carbocycles. The molecule has 3 amide bonds. The van der Waals surface area contributed by atoms with Gasteiger partial charge in [-0.3, -0.25) is 19.2 Å². The molecule has 2 heterocycles. The molecule has 0 aliphatic carbocycles. The van der Waals surface area contributed by atoms with Crippen LogP contribution in [0.25, 0.3) is 0 Å². The first-order valence-corrected chi connectivity index (χ1v) is 16.9. The molecule has 2 aliphatic rings. The highest BCUT2D eigenvalue weighted by atomic mass is 32.2. The lowest BCUT2D eigenvalue weighted by Crippen LogP contribution is -2.50. The molecular weight excluding hydrogens is 586 g/mol. The molecule has 2 aliphatic heterocycles. The van der Waals surface area contributed by atoms with E-state index in [1.807, 2.05) is 11.8 Å². The zero-order valence-electron chi connectivity index (χ0n) is 28.2. The summed E-state index contributed by atoms with van der Waals surface area (Å²) in [6.45, 7) is 16.1. The Balaban J connectivity index is 2.12. The van der Waals surface area contributed by atoms with Crippen LogP contribution in [0.5, 0.6) is 0 Å². The van der Waals surface area contributed by atoms with E-state index in [9.17, 15) is 24.0 Å². The normalized spacial score (nSPS) is 20.3. The van der Waals surface area contributed by atoms with Crippen molar-refractivity contribution in [3.05, 3.63) is 0 Å². The Morgan fingerprint density at radius 1 is 0.727 bits per heavy atom. The van der Waals surface area contributed by atoms with Gasteiger partial charge >= 0.3 is 23.9 Å². The van der Waals surface area contributed by atoms with Gasteiger partial charge in [-0.1, -0.05) is 6.42 Å². The fourth-order valence-electron chi connectivity index (χ4n) is 5.40. The molecule has 0 aromatic rings. The molecule has 44 heavy (non-hydrogen) atoms. The molecule has 3 N–H and O–H groups in total. The van der Waals surface area contributed by atoms with Gasteiger partial charge in [0.1, 0.15) is 16.8 Å². The van der Waals surface area contributed by atoms with Crippen LogP contribution in [0.4, 0.5) is 4.79 Å². The Bertz CT molecular complexity index is 949. The van der Waals surface area contributed by atoms with Gasteiger partial charge in [-0.05, 0) is 94.4 Å². The molecule has 252 valence electrons. The van der Waals surface area contributed by atoms with E-state index in [0.717, 1.165) is 18.6 Å². The molecule has 0 radical (unpaired) electrons. The van der Waals surface area contributed by atoms with Crippen LogP contribution >= 0.6 is 11.8 Å². The minimum atomic E-state index is -1.03. The lowest BCUT2D eigenvalue weighted by Gasteiger charge is -2.36. The molecule has 12 heteroatoms. The topological polar surface area (TPSA) is 149 Å². The first-order chi connectivity index (χ1) is 20.2. The number of nitrogens with one attached hydrogen (secondary N) is 3. The standard InChI is InChI=1S/C32H55N3O8S/c1-29(2,3)41-24(37)14-17-32(18-15-25(38)42-30(4,5)6,19-16-26(39)43-31(7,8)9)35-23(36)13-11-10-12-22-27-21(20-44-22)33-28(40)34-27/h21-22,27H,10-20H2,1-9H3,(H,35,36)(H2,33,34,40)/t21-,22-,27-/m0/s1. The summed E-state index contributed by atoms with van der Waals surface area (Å²) in [6.07, 6.45) is 3.15. The molecule has 0 bridgehead atoms. The number of hydrogen-bond donors (Lipinski definition) is 3. The Morgan fingerprint density at radius 3 is 1.61 bits per heavy atom. The van der Waals surface area contributed by atoms with Crippen molar-refractivity contribution in [3.63, 3.8) is 0 Å². The van der Waals surface area contributed by atoms with Gasteiger partial charge in [0.2, 0.25) is 5.91 Å². The molecule has 2 rings (SSSR count). The average Bonchev–Trinajstić information content (AvgIpc) is 3.38. The van der Waals surface area contributed by atoms with Crippen molar-refractivity contribution < 1.29 is 38.2 Å². The van der Waals surface area contributed by atoms with Crippen molar-refractivity contribution in [3.8, 4) is 0 Å². The van der Waals surface area contributed by atoms with Crippen molar-refractivity contribution in [2.24, 2.45) is 0 Å². The van der Waals surface area contributed by atoms with Gasteiger partial charge in [0.25, 0.3) is 0 Å². The monoisotopic (exact) mass is 641 g/mol. The second kappa shape index (κ2) is 15.7. The molecule has 0 unspecified atom stereocenters. The number of hydrogen-bond acceptors (Lipinski definition) is 9. The van der Waals surface area contributed by atoms with Gasteiger partial charge in [0.15, 0.2) is 0 Å². The van der Waals surface area contributed by atoms with E-state index in [-0.39, 0.29) is 69.0 Å². The Labute approximate surface area is 267 Å². The first kappa shape index (κ1) is 37.7. The Kier molecular flexibility index (Phi) is 13.4. The predicted molar refractivity (Wildman–Crippen MR) is 170 cm³/mol. The number of esters is 3. The smallest absolute Gasteiger partial charge is 0.315 e. The summed E-state index contributed by atoms with van der Waals surface area (Å²) in [4.78, 5) is 63.2. The number of urea groups is 1. The SMILES string of the molecule is CC(C)(C)OC(=O)CCC(CCC(=O)OC(C)(C)C)(CCC(=O)OC(C)(C)C)NC(=O)CCCC[C@@H]1SC[C@@H]2NC(=O)N[C@@H]21. The number of amides is 3. The molecule has 3 atom stereocenters. The fourth-order valence-corrected chi connectivity index (χ4v) is 6.94. The highest BCUT2D eigenvalue weighted by Gasteiger charge is 2.42. The maximum Gasteiger partial charge on any atom is 0.315 e. The van der Waals surface area contributed by atoms with Gasteiger partial charge < -0.3 is 30.2 Å². The Hall–Kier alpha value is -2.50. The van der Waals surface area contributed by atoms with E-state index in [1.165, 1.54) is 0 Å². The number of fused-ring (bicyclic) bond motifs is 1. The van der Waals surface area contributed by atoms with Crippen LogP contribution in [-0.4, -0.2) is 75.3 Å². The molecule has 2 saturated heterocycles. The van der Waals surface area contributed by atoms with Gasteiger partial charge in [0, 0.05) is 42.2 Å². The predicted octanol–water partition coefficient (Wildman–Crippen LogP) is 4.93. The highest BCUT2D eigenvalue weighted by Crippen LogP contribution is 2.33. The van der Waals surface area contributed by atoms with Gasteiger partial charge in [-0.25, -0.2) is 4.79 Å². The number of unbranched alkanes of at least 4 members (excludes halogenated alkanes) is 1. The van der Waals surface area contributed by atoms with Crippen LogP contribution in [0.3, 0.4) is 0 Å². The second-order valence-electron chi connectivity index (χ2n) is 15.0. The third kappa shape index (κ3) is 14.5. The summed E-state index contributed by atoms with van der Waals surface area (Å²) >= 11 is 1.84. The lowest BCUT2D eigenvalue weighted by molar-refractivity contribution is -0.155. The summed E-state index contributed by atoms with van der Waals surface area (Å²) in [5, 5.41) is 9.36. The van der Waals surface area contributed by atoms with Gasteiger partial charge in [-0.15, -0.1) is 0 Å². The Morgan fingerprint density at radius 2 is 1.18 bits per heavy atom. The molecule has 0 saturated carbocycles. The fraction of sp³-hybridized carbons (Fsp3) is 0.844. The van der Waals surface area contributed by atoms with E-state index >= 15 is 0 Å². The van der Waals surface area contributed by atoms with E-state index in [0.29, 0.717) is 11.7 Å². The number of carbonyl (C=O) groups excluding carboxylic acids is 5. The summed E-state index contributed by atoms with van der Waals surface area (Å²) in [5.41, 5.74) is -3.06. The lowest BCUT2D eigenvalue weighted by atomic mass is 9.83. The van der Waals surface area contributed by atoms with Crippen LogP contribution in [0, 0.1) is 0 Å². The number of ether oxygens (including phenoxy) is 3. The third-order valence-corrected chi connectivity index (χ3v) is 8.68. The molecule has 0 spiro atoms. The van der Waals surface area contributed by atoms with Crippen molar-refractivity contribution in [1.29, 1.82) is 0 Å². The van der Waals surface area contributed by atoms with Crippen molar-refractivity contribution in [2.45, 2.75) is 166 Å². The van der Waals surface area contributed by atoms with Crippen LogP contribution in [0.2, 0.25) is 0 Å². The van der Waals surface area contributed by atoms with E-state index in [1.54, 1.807) is 62.3 Å². The van der Waals surface area contributed by atoms with Gasteiger partial charge in [-0.2, -0.15) is 11.8 Å². The minimum absolute atomic E-state index is 0.00139. The van der Waals surface area contributed by atoms with Crippen LogP contribution < -0.4 is 16.0 Å². The first-order valence-electron chi connectivity index (χ1n) is 15.8. The van der Waals surface area contributed by atoms with Gasteiger partial charge in [0.05, 0.1) is 12.1 Å². The molecular formula is C32H55N3O8S. The van der Waals surface area contributed by atoms with Crippen molar-refractivity contribution in [2.75, 3.05) is 5.75 Å². The average molecular weight is 642 g/mol. The highest BCUT2D eigenvalue weighted by molar-refractivity contribution is 8.00. The quantitative estimate of drug-likeness (QED) is 0.0979. The zero-order chi connectivity index (χ0) is 33.3. The number of rotatable bonds is 15. The summed E-state index contributed by atoms with van der Waals surface area (Å²) < 4.78 is 16.6. The van der Waals surface area contributed by atoms with Crippen LogP contribution in [0.15, 0.2) is 0 Å². The summed E-state index contributed by atoms with van der Waals surface area (Å²) in [7, 11) is 0. The molecule has 11 nitrogen and oxygen atoms in total. The largest absolute Gasteiger partial charge is 0.460 e. The number of carbonyl (C=O) groups is 5. The van der Waals surface area contributed by atoms with Crippen molar-refractivity contribution >= 4 is 41.6 Å². The minimum Gasteiger partial charge on any atom is -0.460 e. The van der Waals surface area contributed by atoms with Crippen molar-refractivity contribution in [1.82, 2.24) is 16.0 Å².